The molecule has 0 bridgehead atoms. The number of rotatable bonds is 8. The third-order valence-corrected chi connectivity index (χ3v) is 3.99. The first kappa shape index (κ1) is 18.5. The number of aromatic nitrogens is 2. The van der Waals surface area contributed by atoms with Crippen LogP contribution in [0, 0.1) is 0 Å². The highest BCUT2D eigenvalue weighted by molar-refractivity contribution is 5.93. The van der Waals surface area contributed by atoms with Crippen LogP contribution in [0.25, 0.3) is 16.9 Å². The molecule has 7 nitrogen and oxygen atoms in total. The molecule has 1 heterocycles. The zero-order valence-corrected chi connectivity index (χ0v) is 14.8. The minimum absolute atomic E-state index is 0.155. The van der Waals surface area contributed by atoms with Gasteiger partial charge in [0.15, 0.2) is 5.69 Å². The molecule has 0 saturated carbocycles. The molecule has 0 saturated heterocycles. The summed E-state index contributed by atoms with van der Waals surface area (Å²) in [6, 6.07) is 15.9. The number of nitrogens with one attached hydrogen (secondary N) is 1. The van der Waals surface area contributed by atoms with E-state index in [1.54, 1.807) is 55.6 Å². The average Bonchev–Trinajstić information content (AvgIpc) is 3.04. The molecule has 0 fully saturated rings. The van der Waals surface area contributed by atoms with Crippen molar-refractivity contribution in [2.75, 3.05) is 20.3 Å². The lowest BCUT2D eigenvalue weighted by Crippen LogP contribution is -2.15. The molecule has 0 radical (unpaired) electrons. The van der Waals surface area contributed by atoms with Crippen LogP contribution in [0.4, 0.5) is 0 Å². The largest absolute Gasteiger partial charge is 0.493 e. The molecule has 3 aromatic rings. The van der Waals surface area contributed by atoms with Gasteiger partial charge in [-0.15, -0.1) is 0 Å². The van der Waals surface area contributed by atoms with E-state index < -0.39 is 11.7 Å². The van der Waals surface area contributed by atoms with Gasteiger partial charge < -0.3 is 14.6 Å². The van der Waals surface area contributed by atoms with Gasteiger partial charge in [0.25, 0.3) is 0 Å². The van der Waals surface area contributed by atoms with Crippen LogP contribution in [0.3, 0.4) is 0 Å². The lowest BCUT2D eigenvalue weighted by Gasteiger charge is -2.11. The van der Waals surface area contributed by atoms with Crippen LogP contribution < -0.4 is 10.4 Å². The minimum atomic E-state index is -1.20. The second kappa shape index (κ2) is 8.37. The van der Waals surface area contributed by atoms with Gasteiger partial charge in [-0.25, -0.2) is 9.59 Å². The third kappa shape index (κ3) is 4.09. The number of carboxylic acid groups (broad SMARTS) is 1. The Morgan fingerprint density at radius 3 is 2.59 bits per heavy atom. The average molecular weight is 368 g/mol. The molecule has 0 aliphatic carbocycles. The number of aromatic amines is 1. The minimum Gasteiger partial charge on any atom is -0.493 e. The quantitative estimate of drug-likeness (QED) is 0.596. The Kier molecular flexibility index (Phi) is 5.73. The normalized spacial score (nSPS) is 10.7. The predicted octanol–water partition coefficient (Wildman–Crippen LogP) is 2.95. The molecule has 2 N–H and O–H groups in total. The molecule has 3 rings (SSSR count). The first-order valence-electron chi connectivity index (χ1n) is 8.47. The summed E-state index contributed by atoms with van der Waals surface area (Å²) < 4.78 is 12.0. The van der Waals surface area contributed by atoms with Crippen molar-refractivity contribution in [3.63, 3.8) is 0 Å². The Balaban J connectivity index is 2.04. The van der Waals surface area contributed by atoms with Crippen LogP contribution in [-0.4, -0.2) is 41.0 Å². The molecule has 0 aliphatic heterocycles. The molecule has 2 aromatic carbocycles. The molecule has 1 aromatic heterocycles. The fourth-order valence-electron chi connectivity index (χ4n) is 2.81. The van der Waals surface area contributed by atoms with Crippen LogP contribution in [-0.2, 0) is 4.74 Å². The Morgan fingerprint density at radius 1 is 1.11 bits per heavy atom. The van der Waals surface area contributed by atoms with Gasteiger partial charge in [0, 0.05) is 31.8 Å². The Morgan fingerprint density at radius 2 is 1.89 bits per heavy atom. The van der Waals surface area contributed by atoms with Crippen LogP contribution in [0.15, 0.2) is 59.4 Å². The standard InChI is InChI=1S/C20H20N2O5/c1-26-11-6-12-27-16-10-5-9-15(13-16)22-18(14-7-3-2-4-8-14)17(19(23)24)21-20(22)25/h2-5,7-10,13H,6,11-12H2,1H3,(H,21,25)(H,23,24). The van der Waals surface area contributed by atoms with Crippen LogP contribution in [0.5, 0.6) is 5.75 Å². The van der Waals surface area contributed by atoms with Gasteiger partial charge in [-0.1, -0.05) is 36.4 Å². The number of benzene rings is 2. The summed E-state index contributed by atoms with van der Waals surface area (Å²) in [5.74, 6) is -0.607. The SMILES string of the molecule is COCCCOc1cccc(-n2c(-c3ccccc3)c(C(=O)O)[nH]c2=O)c1. The number of hydrogen-bond donors (Lipinski definition) is 2. The van der Waals surface area contributed by atoms with Crippen molar-refractivity contribution in [2.45, 2.75) is 6.42 Å². The number of carboxylic acids is 1. The fourth-order valence-corrected chi connectivity index (χ4v) is 2.81. The molecule has 7 heteroatoms. The number of carbonyl (C=O) groups is 1. The maximum Gasteiger partial charge on any atom is 0.354 e. The van der Waals surface area contributed by atoms with Gasteiger partial charge in [-0.3, -0.25) is 9.55 Å². The van der Waals surface area contributed by atoms with Gasteiger partial charge >= 0.3 is 11.7 Å². The zero-order valence-electron chi connectivity index (χ0n) is 14.8. The van der Waals surface area contributed by atoms with E-state index in [1.165, 1.54) is 4.57 Å². The number of hydrogen-bond acceptors (Lipinski definition) is 4. The summed E-state index contributed by atoms with van der Waals surface area (Å²) in [6.07, 6.45) is 0.739. The van der Waals surface area contributed by atoms with E-state index in [4.69, 9.17) is 9.47 Å². The summed E-state index contributed by atoms with van der Waals surface area (Å²) in [5.41, 5.74) is 0.761. The van der Waals surface area contributed by atoms with Crippen LogP contribution >= 0.6 is 0 Å². The van der Waals surface area contributed by atoms with Crippen molar-refractivity contribution in [3.05, 3.63) is 70.8 Å². The zero-order chi connectivity index (χ0) is 19.2. The second-order valence-electron chi connectivity index (χ2n) is 5.85. The Hall–Kier alpha value is -3.32. The number of aromatic carboxylic acids is 1. The maximum atomic E-state index is 12.5. The van der Waals surface area contributed by atoms with E-state index in [2.05, 4.69) is 4.98 Å². The summed E-state index contributed by atoms with van der Waals surface area (Å²) in [7, 11) is 1.63. The van der Waals surface area contributed by atoms with E-state index in [9.17, 15) is 14.7 Å². The van der Waals surface area contributed by atoms with Crippen LogP contribution in [0.2, 0.25) is 0 Å². The summed E-state index contributed by atoms with van der Waals surface area (Å²) in [6.45, 7) is 1.07. The Labute approximate surface area is 155 Å². The van der Waals surface area contributed by atoms with Crippen molar-refractivity contribution in [2.24, 2.45) is 0 Å². The molecule has 140 valence electrons. The fraction of sp³-hybridized carbons (Fsp3) is 0.200. The van der Waals surface area contributed by atoms with Crippen molar-refractivity contribution >= 4 is 5.97 Å². The maximum absolute atomic E-state index is 12.5. The topological polar surface area (TPSA) is 93.5 Å². The number of nitrogens with zero attached hydrogens (tertiary/aromatic N) is 1. The van der Waals surface area contributed by atoms with E-state index >= 15 is 0 Å². The smallest absolute Gasteiger partial charge is 0.354 e. The van der Waals surface area contributed by atoms with Crippen molar-refractivity contribution < 1.29 is 19.4 Å². The highest BCUT2D eigenvalue weighted by atomic mass is 16.5. The molecule has 27 heavy (non-hydrogen) atoms. The molecule has 0 aliphatic rings. The van der Waals surface area contributed by atoms with Gasteiger partial charge in [-0.05, 0) is 12.1 Å². The lowest BCUT2D eigenvalue weighted by molar-refractivity contribution is 0.0692. The molecule has 0 atom stereocenters. The van der Waals surface area contributed by atoms with E-state index in [1.807, 2.05) is 6.07 Å². The van der Waals surface area contributed by atoms with E-state index in [0.29, 0.717) is 35.9 Å². The lowest BCUT2D eigenvalue weighted by atomic mass is 10.1. The second-order valence-corrected chi connectivity index (χ2v) is 5.85. The van der Waals surface area contributed by atoms with Gasteiger partial charge in [-0.2, -0.15) is 0 Å². The number of methoxy groups -OCH3 is 1. The van der Waals surface area contributed by atoms with Crippen molar-refractivity contribution in [1.82, 2.24) is 9.55 Å². The van der Waals surface area contributed by atoms with Gasteiger partial charge in [0.2, 0.25) is 0 Å². The molecular formula is C20H20N2O5. The highest BCUT2D eigenvalue weighted by Crippen LogP contribution is 2.26. The summed E-state index contributed by atoms with van der Waals surface area (Å²) in [4.78, 5) is 26.6. The van der Waals surface area contributed by atoms with Gasteiger partial charge in [0.1, 0.15) is 5.75 Å². The predicted molar refractivity (Wildman–Crippen MR) is 101 cm³/mol. The number of H-pyrrole nitrogens is 1. The van der Waals surface area contributed by atoms with Crippen LogP contribution in [0.1, 0.15) is 16.9 Å². The van der Waals surface area contributed by atoms with E-state index in [0.717, 1.165) is 6.42 Å². The first-order chi connectivity index (χ1) is 13.1. The Bertz CT molecular complexity index is 976. The first-order valence-corrected chi connectivity index (χ1v) is 8.47. The number of ether oxygens (including phenoxy) is 2. The molecule has 0 unspecified atom stereocenters. The van der Waals surface area contributed by atoms with Crippen molar-refractivity contribution in [3.8, 4) is 22.7 Å². The highest BCUT2D eigenvalue weighted by Gasteiger charge is 2.22. The molecular weight excluding hydrogens is 348 g/mol. The summed E-state index contributed by atoms with van der Waals surface area (Å²) >= 11 is 0. The third-order valence-electron chi connectivity index (χ3n) is 3.99. The summed E-state index contributed by atoms with van der Waals surface area (Å²) in [5, 5.41) is 9.51. The van der Waals surface area contributed by atoms with E-state index in [-0.39, 0.29) is 5.69 Å². The molecule has 0 spiro atoms. The molecule has 0 amide bonds. The number of imidazole rings is 1. The van der Waals surface area contributed by atoms with Crippen molar-refractivity contribution in [1.29, 1.82) is 0 Å². The van der Waals surface area contributed by atoms with Gasteiger partial charge in [0.05, 0.1) is 18.0 Å². The monoisotopic (exact) mass is 368 g/mol.